The first-order chi connectivity index (χ1) is 8.18. The van der Waals surface area contributed by atoms with Gasteiger partial charge in [0.25, 0.3) is 0 Å². The maximum Gasteiger partial charge on any atom is 0.246 e. The molecular weight excluding hydrogens is 216 g/mol. The Hall–Kier alpha value is -0.610. The quantitative estimate of drug-likeness (QED) is 0.664. The highest BCUT2D eigenvalue weighted by Gasteiger charge is 2.15. The molecule has 1 fully saturated rings. The summed E-state index contributed by atoms with van der Waals surface area (Å²) in [5, 5.41) is 6.28. The van der Waals surface area contributed by atoms with Crippen LogP contribution in [0.25, 0.3) is 0 Å². The average molecular weight is 242 g/mol. The van der Waals surface area contributed by atoms with Crippen LogP contribution in [0.1, 0.15) is 46.0 Å². The van der Waals surface area contributed by atoms with Crippen LogP contribution in [-0.2, 0) is 9.53 Å². The van der Waals surface area contributed by atoms with Gasteiger partial charge in [0.15, 0.2) is 0 Å². The highest BCUT2D eigenvalue weighted by Crippen LogP contribution is 2.17. The molecule has 4 heteroatoms. The van der Waals surface area contributed by atoms with Gasteiger partial charge < -0.3 is 15.4 Å². The average Bonchev–Trinajstić information content (AvgIpc) is 2.29. The third-order valence-corrected chi connectivity index (χ3v) is 3.00. The molecule has 4 nitrogen and oxygen atoms in total. The van der Waals surface area contributed by atoms with Gasteiger partial charge in [-0.2, -0.15) is 0 Å². The summed E-state index contributed by atoms with van der Waals surface area (Å²) in [7, 11) is 0. The predicted molar refractivity (Wildman–Crippen MR) is 69.0 cm³/mol. The number of amides is 1. The van der Waals surface area contributed by atoms with E-state index in [1.807, 2.05) is 0 Å². The minimum absolute atomic E-state index is 0.0291. The molecule has 1 aliphatic carbocycles. The molecule has 0 aromatic heterocycles. The van der Waals surface area contributed by atoms with Crippen molar-refractivity contribution in [1.29, 1.82) is 0 Å². The molecule has 100 valence electrons. The number of hydrogen-bond donors (Lipinski definition) is 2. The van der Waals surface area contributed by atoms with Crippen molar-refractivity contribution in [3.63, 3.8) is 0 Å². The van der Waals surface area contributed by atoms with Crippen LogP contribution in [0.15, 0.2) is 0 Å². The summed E-state index contributed by atoms with van der Waals surface area (Å²) in [6.07, 6.45) is 6.04. The van der Waals surface area contributed by atoms with E-state index in [4.69, 9.17) is 4.74 Å². The maximum atomic E-state index is 11.6. The molecule has 0 saturated heterocycles. The zero-order chi connectivity index (χ0) is 12.5. The molecular formula is C13H26N2O2. The molecule has 1 aliphatic rings. The Morgan fingerprint density at radius 3 is 2.65 bits per heavy atom. The van der Waals surface area contributed by atoms with Crippen molar-refractivity contribution in [3.05, 3.63) is 0 Å². The first-order valence-corrected chi connectivity index (χ1v) is 6.79. The largest absolute Gasteiger partial charge is 0.370 e. The van der Waals surface area contributed by atoms with Crippen molar-refractivity contribution in [2.75, 3.05) is 19.8 Å². The van der Waals surface area contributed by atoms with Gasteiger partial charge in [-0.15, -0.1) is 0 Å². The van der Waals surface area contributed by atoms with E-state index in [0.29, 0.717) is 18.7 Å². The van der Waals surface area contributed by atoms with Gasteiger partial charge in [-0.25, -0.2) is 0 Å². The summed E-state index contributed by atoms with van der Waals surface area (Å²) >= 11 is 0. The zero-order valence-electron chi connectivity index (χ0n) is 11.1. The minimum Gasteiger partial charge on any atom is -0.370 e. The highest BCUT2D eigenvalue weighted by atomic mass is 16.5. The second-order valence-corrected chi connectivity index (χ2v) is 5.06. The van der Waals surface area contributed by atoms with Crippen molar-refractivity contribution in [2.24, 2.45) is 0 Å². The predicted octanol–water partition coefficient (Wildman–Crippen LogP) is 1.45. The lowest BCUT2D eigenvalue weighted by molar-refractivity contribution is -0.126. The summed E-state index contributed by atoms with van der Waals surface area (Å²) in [5.41, 5.74) is 0. The lowest BCUT2D eigenvalue weighted by Crippen LogP contribution is -2.38. The van der Waals surface area contributed by atoms with Crippen molar-refractivity contribution in [3.8, 4) is 0 Å². The molecule has 0 heterocycles. The molecule has 0 spiro atoms. The van der Waals surface area contributed by atoms with Crippen molar-refractivity contribution >= 4 is 5.91 Å². The zero-order valence-corrected chi connectivity index (χ0v) is 11.1. The van der Waals surface area contributed by atoms with E-state index in [1.165, 1.54) is 19.3 Å². The SMILES string of the molecule is CC(C)NCCOCC(=O)NC1CCCCC1. The van der Waals surface area contributed by atoms with E-state index in [0.717, 1.165) is 19.4 Å². The van der Waals surface area contributed by atoms with E-state index in [-0.39, 0.29) is 12.5 Å². The summed E-state index contributed by atoms with van der Waals surface area (Å²) in [6, 6.07) is 0.850. The number of hydrogen-bond acceptors (Lipinski definition) is 3. The fraction of sp³-hybridized carbons (Fsp3) is 0.923. The van der Waals surface area contributed by atoms with Gasteiger partial charge in [-0.1, -0.05) is 33.1 Å². The molecule has 1 rings (SSSR count). The number of nitrogens with one attached hydrogen (secondary N) is 2. The van der Waals surface area contributed by atoms with Crippen LogP contribution in [0.2, 0.25) is 0 Å². The number of rotatable bonds is 7. The highest BCUT2D eigenvalue weighted by molar-refractivity contribution is 5.77. The van der Waals surface area contributed by atoms with Crippen LogP contribution in [0.5, 0.6) is 0 Å². The summed E-state index contributed by atoms with van der Waals surface area (Å²) in [6.45, 7) is 5.77. The summed E-state index contributed by atoms with van der Waals surface area (Å²) < 4.78 is 5.31. The molecule has 0 aromatic rings. The first-order valence-electron chi connectivity index (χ1n) is 6.79. The van der Waals surface area contributed by atoms with Gasteiger partial charge in [0, 0.05) is 18.6 Å². The monoisotopic (exact) mass is 242 g/mol. The maximum absolute atomic E-state index is 11.6. The molecule has 1 amide bonds. The molecule has 1 saturated carbocycles. The number of carbonyl (C=O) groups is 1. The lowest BCUT2D eigenvalue weighted by atomic mass is 9.95. The molecule has 2 N–H and O–H groups in total. The van der Waals surface area contributed by atoms with Crippen LogP contribution in [-0.4, -0.2) is 37.7 Å². The normalized spacial score (nSPS) is 17.4. The smallest absolute Gasteiger partial charge is 0.246 e. The van der Waals surface area contributed by atoms with Crippen LogP contribution < -0.4 is 10.6 Å². The Balaban J connectivity index is 1.97. The van der Waals surface area contributed by atoms with Gasteiger partial charge >= 0.3 is 0 Å². The topological polar surface area (TPSA) is 50.4 Å². The van der Waals surface area contributed by atoms with Gasteiger partial charge in [-0.3, -0.25) is 4.79 Å². The lowest BCUT2D eigenvalue weighted by Gasteiger charge is -2.22. The van der Waals surface area contributed by atoms with Crippen LogP contribution in [0.4, 0.5) is 0 Å². The van der Waals surface area contributed by atoms with Crippen LogP contribution in [0.3, 0.4) is 0 Å². The van der Waals surface area contributed by atoms with Gasteiger partial charge in [-0.05, 0) is 12.8 Å². The van der Waals surface area contributed by atoms with E-state index in [9.17, 15) is 4.79 Å². The fourth-order valence-corrected chi connectivity index (χ4v) is 2.10. The summed E-state index contributed by atoms with van der Waals surface area (Å²) in [5.74, 6) is 0.0291. The Bertz CT molecular complexity index is 213. The van der Waals surface area contributed by atoms with Crippen LogP contribution in [0, 0.1) is 0 Å². The van der Waals surface area contributed by atoms with Crippen molar-refractivity contribution < 1.29 is 9.53 Å². The Labute approximate surface area is 104 Å². The van der Waals surface area contributed by atoms with E-state index in [1.54, 1.807) is 0 Å². The standard InChI is InChI=1S/C13H26N2O2/c1-11(2)14-8-9-17-10-13(16)15-12-6-4-3-5-7-12/h11-12,14H,3-10H2,1-2H3,(H,15,16). The third kappa shape index (κ3) is 7.34. The number of carbonyl (C=O) groups excluding carboxylic acids is 1. The second-order valence-electron chi connectivity index (χ2n) is 5.06. The Morgan fingerprint density at radius 1 is 1.29 bits per heavy atom. The summed E-state index contributed by atoms with van der Waals surface area (Å²) in [4.78, 5) is 11.6. The van der Waals surface area contributed by atoms with E-state index >= 15 is 0 Å². The molecule has 0 radical (unpaired) electrons. The molecule has 0 aromatic carbocycles. The molecule has 0 unspecified atom stereocenters. The van der Waals surface area contributed by atoms with Crippen molar-refractivity contribution in [2.45, 2.75) is 58.0 Å². The molecule has 0 bridgehead atoms. The van der Waals surface area contributed by atoms with Crippen molar-refractivity contribution in [1.82, 2.24) is 10.6 Å². The fourth-order valence-electron chi connectivity index (χ4n) is 2.10. The number of ether oxygens (including phenoxy) is 1. The van der Waals surface area contributed by atoms with Gasteiger partial charge in [0.1, 0.15) is 6.61 Å². The molecule has 0 atom stereocenters. The van der Waals surface area contributed by atoms with Crippen LogP contribution >= 0.6 is 0 Å². The van der Waals surface area contributed by atoms with Gasteiger partial charge in [0.05, 0.1) is 6.61 Å². The van der Waals surface area contributed by atoms with E-state index in [2.05, 4.69) is 24.5 Å². The second kappa shape index (κ2) is 8.48. The molecule has 17 heavy (non-hydrogen) atoms. The minimum atomic E-state index is 0.0291. The van der Waals surface area contributed by atoms with Gasteiger partial charge in [0.2, 0.25) is 5.91 Å². The Kier molecular flexibility index (Phi) is 7.21. The molecule has 0 aliphatic heterocycles. The third-order valence-electron chi connectivity index (χ3n) is 3.00. The van der Waals surface area contributed by atoms with E-state index < -0.39 is 0 Å². The first kappa shape index (κ1) is 14.5. The Morgan fingerprint density at radius 2 is 2.00 bits per heavy atom.